The zero-order valence-corrected chi connectivity index (χ0v) is 10.5. The highest BCUT2D eigenvalue weighted by Gasteiger charge is 2.21. The predicted molar refractivity (Wildman–Crippen MR) is 66.9 cm³/mol. The van der Waals surface area contributed by atoms with E-state index >= 15 is 0 Å². The second-order valence-electron chi connectivity index (χ2n) is 4.60. The normalized spacial score (nSPS) is 12.8. The first kappa shape index (κ1) is 14.2. The standard InChI is InChI=1S/C14H24O/c1-5-6-7-8-9-10-11-12-14(3,4)13(2)15/h5-6,9-10H,7-8,11-12H2,1-4H3. The van der Waals surface area contributed by atoms with Gasteiger partial charge < -0.3 is 0 Å². The molecule has 15 heavy (non-hydrogen) atoms. The molecule has 0 aliphatic rings. The first-order valence-corrected chi connectivity index (χ1v) is 5.78. The zero-order chi connectivity index (χ0) is 11.7. The van der Waals surface area contributed by atoms with E-state index in [0.29, 0.717) is 0 Å². The van der Waals surface area contributed by atoms with Gasteiger partial charge in [0.15, 0.2) is 0 Å². The Balaban J connectivity index is 3.65. The minimum atomic E-state index is -0.159. The van der Waals surface area contributed by atoms with Gasteiger partial charge in [-0.15, -0.1) is 0 Å². The maximum atomic E-state index is 11.2. The summed E-state index contributed by atoms with van der Waals surface area (Å²) in [5.74, 6) is 0.282. The topological polar surface area (TPSA) is 17.1 Å². The highest BCUT2D eigenvalue weighted by Crippen LogP contribution is 2.23. The summed E-state index contributed by atoms with van der Waals surface area (Å²) in [7, 11) is 0. The molecule has 1 nitrogen and oxygen atoms in total. The molecule has 0 fully saturated rings. The molecule has 0 aliphatic heterocycles. The lowest BCUT2D eigenvalue weighted by Crippen LogP contribution is -2.20. The van der Waals surface area contributed by atoms with Crippen molar-refractivity contribution in [1.29, 1.82) is 0 Å². The third-order valence-electron chi connectivity index (χ3n) is 2.79. The Morgan fingerprint density at radius 3 is 2.13 bits per heavy atom. The molecule has 0 heterocycles. The van der Waals surface area contributed by atoms with Crippen LogP contribution in [-0.2, 0) is 4.79 Å². The summed E-state index contributed by atoms with van der Waals surface area (Å²) in [5.41, 5.74) is -0.159. The second kappa shape index (κ2) is 7.44. The molecule has 86 valence electrons. The molecule has 0 saturated heterocycles. The molecule has 0 radical (unpaired) electrons. The van der Waals surface area contributed by atoms with Gasteiger partial charge in [-0.2, -0.15) is 0 Å². The van der Waals surface area contributed by atoms with Gasteiger partial charge in [0.25, 0.3) is 0 Å². The summed E-state index contributed by atoms with van der Waals surface area (Å²) in [4.78, 5) is 11.2. The van der Waals surface area contributed by atoms with Crippen LogP contribution in [0.5, 0.6) is 0 Å². The lowest BCUT2D eigenvalue weighted by Gasteiger charge is -2.19. The van der Waals surface area contributed by atoms with Crippen LogP contribution in [0.3, 0.4) is 0 Å². The van der Waals surface area contributed by atoms with Crippen molar-refractivity contribution < 1.29 is 4.79 Å². The predicted octanol–water partition coefficient (Wildman–Crippen LogP) is 4.29. The molecule has 0 amide bonds. The van der Waals surface area contributed by atoms with Gasteiger partial charge in [-0.05, 0) is 39.5 Å². The molecule has 0 aromatic rings. The summed E-state index contributed by atoms with van der Waals surface area (Å²) in [5, 5.41) is 0. The number of carbonyl (C=O) groups excluding carboxylic acids is 1. The number of hydrogen-bond donors (Lipinski definition) is 0. The van der Waals surface area contributed by atoms with Crippen molar-refractivity contribution in [2.45, 2.75) is 53.4 Å². The van der Waals surface area contributed by atoms with Crippen LogP contribution in [0.25, 0.3) is 0 Å². The molecule has 0 aliphatic carbocycles. The van der Waals surface area contributed by atoms with Crippen LogP contribution in [0.1, 0.15) is 53.4 Å². The van der Waals surface area contributed by atoms with Gasteiger partial charge in [0.05, 0.1) is 0 Å². The summed E-state index contributed by atoms with van der Waals surface area (Å²) in [6.45, 7) is 7.75. The Bertz CT molecular complexity index is 234. The number of hydrogen-bond acceptors (Lipinski definition) is 1. The third-order valence-corrected chi connectivity index (χ3v) is 2.79. The van der Waals surface area contributed by atoms with E-state index in [2.05, 4.69) is 24.3 Å². The third kappa shape index (κ3) is 7.12. The minimum Gasteiger partial charge on any atom is -0.299 e. The van der Waals surface area contributed by atoms with E-state index in [1.807, 2.05) is 20.8 Å². The molecule has 0 aromatic carbocycles. The molecule has 1 heteroatoms. The SMILES string of the molecule is CC=CCCC=CCCC(C)(C)C(C)=O. The van der Waals surface area contributed by atoms with Crippen molar-refractivity contribution >= 4 is 5.78 Å². The minimum absolute atomic E-state index is 0.159. The number of carbonyl (C=O) groups is 1. The van der Waals surface area contributed by atoms with E-state index in [-0.39, 0.29) is 11.2 Å². The molecule has 0 unspecified atom stereocenters. The highest BCUT2D eigenvalue weighted by molar-refractivity contribution is 5.81. The van der Waals surface area contributed by atoms with E-state index in [4.69, 9.17) is 0 Å². The number of rotatable bonds is 7. The number of Topliss-reactive ketones (excluding diaryl/α,β-unsaturated/α-hetero) is 1. The van der Waals surface area contributed by atoms with E-state index in [9.17, 15) is 4.79 Å². The summed E-state index contributed by atoms with van der Waals surface area (Å²) in [6.07, 6.45) is 12.8. The van der Waals surface area contributed by atoms with Crippen molar-refractivity contribution in [2.75, 3.05) is 0 Å². The average molecular weight is 208 g/mol. The van der Waals surface area contributed by atoms with Gasteiger partial charge in [0.1, 0.15) is 5.78 Å². The van der Waals surface area contributed by atoms with Crippen LogP contribution in [0.15, 0.2) is 24.3 Å². The number of unbranched alkanes of at least 4 members (excludes halogenated alkanes) is 1. The van der Waals surface area contributed by atoms with Gasteiger partial charge in [-0.25, -0.2) is 0 Å². The van der Waals surface area contributed by atoms with Gasteiger partial charge in [0, 0.05) is 5.41 Å². The van der Waals surface area contributed by atoms with Crippen LogP contribution in [0.4, 0.5) is 0 Å². The quantitative estimate of drug-likeness (QED) is 0.450. The molecule has 0 spiro atoms. The van der Waals surface area contributed by atoms with E-state index in [0.717, 1.165) is 25.7 Å². The average Bonchev–Trinajstić information content (AvgIpc) is 2.16. The molecule has 0 aromatic heterocycles. The van der Waals surface area contributed by atoms with Gasteiger partial charge in [0.2, 0.25) is 0 Å². The Hall–Kier alpha value is -0.850. The highest BCUT2D eigenvalue weighted by atomic mass is 16.1. The Morgan fingerprint density at radius 1 is 1.07 bits per heavy atom. The van der Waals surface area contributed by atoms with E-state index < -0.39 is 0 Å². The van der Waals surface area contributed by atoms with Crippen LogP contribution in [0, 0.1) is 5.41 Å². The summed E-state index contributed by atoms with van der Waals surface area (Å²) in [6, 6.07) is 0. The fourth-order valence-corrected chi connectivity index (χ4v) is 1.22. The largest absolute Gasteiger partial charge is 0.299 e. The Labute approximate surface area is 94.3 Å². The van der Waals surface area contributed by atoms with E-state index in [1.54, 1.807) is 6.92 Å². The lowest BCUT2D eigenvalue weighted by atomic mass is 9.84. The Morgan fingerprint density at radius 2 is 1.60 bits per heavy atom. The molecule has 0 rings (SSSR count). The molecule has 0 atom stereocenters. The first-order chi connectivity index (χ1) is 7.00. The number of ketones is 1. The lowest BCUT2D eigenvalue weighted by molar-refractivity contribution is -0.125. The van der Waals surface area contributed by atoms with Crippen molar-refractivity contribution in [1.82, 2.24) is 0 Å². The van der Waals surface area contributed by atoms with Crippen molar-refractivity contribution in [3.63, 3.8) is 0 Å². The van der Waals surface area contributed by atoms with Gasteiger partial charge in [-0.1, -0.05) is 38.2 Å². The van der Waals surface area contributed by atoms with Crippen LogP contribution in [-0.4, -0.2) is 5.78 Å². The fourth-order valence-electron chi connectivity index (χ4n) is 1.22. The molecular weight excluding hydrogens is 184 g/mol. The molecular formula is C14H24O. The van der Waals surface area contributed by atoms with Crippen LogP contribution < -0.4 is 0 Å². The van der Waals surface area contributed by atoms with Crippen molar-refractivity contribution in [3.8, 4) is 0 Å². The Kier molecular flexibility index (Phi) is 7.02. The number of allylic oxidation sites excluding steroid dienone is 4. The maximum absolute atomic E-state index is 11.2. The van der Waals surface area contributed by atoms with Gasteiger partial charge >= 0.3 is 0 Å². The van der Waals surface area contributed by atoms with E-state index in [1.165, 1.54) is 0 Å². The summed E-state index contributed by atoms with van der Waals surface area (Å²) >= 11 is 0. The van der Waals surface area contributed by atoms with Crippen molar-refractivity contribution in [3.05, 3.63) is 24.3 Å². The van der Waals surface area contributed by atoms with Crippen molar-refractivity contribution in [2.24, 2.45) is 5.41 Å². The first-order valence-electron chi connectivity index (χ1n) is 5.78. The molecule has 0 N–H and O–H groups in total. The van der Waals surface area contributed by atoms with Gasteiger partial charge in [-0.3, -0.25) is 4.79 Å². The zero-order valence-electron chi connectivity index (χ0n) is 10.5. The maximum Gasteiger partial charge on any atom is 0.135 e. The molecule has 0 saturated carbocycles. The van der Waals surface area contributed by atoms with Crippen LogP contribution in [0.2, 0.25) is 0 Å². The van der Waals surface area contributed by atoms with Crippen LogP contribution >= 0.6 is 0 Å². The monoisotopic (exact) mass is 208 g/mol. The smallest absolute Gasteiger partial charge is 0.135 e. The molecule has 0 bridgehead atoms. The summed E-state index contributed by atoms with van der Waals surface area (Å²) < 4.78 is 0. The second-order valence-corrected chi connectivity index (χ2v) is 4.60. The fraction of sp³-hybridized carbons (Fsp3) is 0.643.